The zero-order valence-corrected chi connectivity index (χ0v) is 7.79. The lowest BCUT2D eigenvalue weighted by molar-refractivity contribution is 0.919. The molecule has 0 saturated heterocycles. The van der Waals surface area contributed by atoms with E-state index in [2.05, 4.69) is 4.98 Å². The van der Waals surface area contributed by atoms with Gasteiger partial charge in [-0.3, -0.25) is 4.79 Å². The molecule has 14 heavy (non-hydrogen) atoms. The number of rotatable bonds is 2. The Morgan fingerprint density at radius 1 is 1.29 bits per heavy atom. The van der Waals surface area contributed by atoms with Crippen LogP contribution in [-0.2, 0) is 6.42 Å². The van der Waals surface area contributed by atoms with Crippen molar-refractivity contribution in [1.82, 2.24) is 4.98 Å². The molecule has 0 aliphatic rings. The number of fused-ring (bicyclic) bond motifs is 1. The fourth-order valence-corrected chi connectivity index (χ4v) is 1.56. The van der Waals surface area contributed by atoms with Crippen LogP contribution in [0.5, 0.6) is 0 Å². The first kappa shape index (κ1) is 8.97. The molecule has 0 unspecified atom stereocenters. The van der Waals surface area contributed by atoms with Gasteiger partial charge in [-0.05, 0) is 30.5 Å². The molecule has 0 saturated carbocycles. The molecule has 0 fully saturated rings. The Morgan fingerprint density at radius 3 is 2.86 bits per heavy atom. The highest BCUT2D eigenvalue weighted by Gasteiger charge is 1.99. The highest BCUT2D eigenvalue weighted by atomic mass is 16.1. The minimum absolute atomic E-state index is 0.0356. The van der Waals surface area contributed by atoms with Gasteiger partial charge >= 0.3 is 0 Å². The van der Waals surface area contributed by atoms with Gasteiger partial charge in [0, 0.05) is 11.1 Å². The lowest BCUT2D eigenvalue weighted by atomic mass is 10.1. The molecule has 3 nitrogen and oxygen atoms in total. The summed E-state index contributed by atoms with van der Waals surface area (Å²) in [4.78, 5) is 14.4. The van der Waals surface area contributed by atoms with E-state index in [0.717, 1.165) is 16.5 Å². The van der Waals surface area contributed by atoms with E-state index in [1.54, 1.807) is 0 Å². The molecule has 1 aromatic heterocycles. The number of hydrogen-bond donors (Lipinski definition) is 2. The van der Waals surface area contributed by atoms with Gasteiger partial charge in [0.25, 0.3) is 5.56 Å². The summed E-state index contributed by atoms with van der Waals surface area (Å²) in [5.41, 5.74) is 6.30. The van der Waals surface area contributed by atoms with E-state index in [4.69, 9.17) is 5.73 Å². The van der Waals surface area contributed by atoms with Crippen LogP contribution in [0.2, 0.25) is 0 Å². The van der Waals surface area contributed by atoms with Crippen LogP contribution in [0.4, 0.5) is 0 Å². The largest absolute Gasteiger partial charge is 0.330 e. The van der Waals surface area contributed by atoms with Crippen molar-refractivity contribution in [2.24, 2.45) is 5.73 Å². The molecule has 0 bridgehead atoms. The molecule has 72 valence electrons. The summed E-state index contributed by atoms with van der Waals surface area (Å²) in [6, 6.07) is 9.52. The first-order chi connectivity index (χ1) is 6.81. The van der Waals surface area contributed by atoms with Gasteiger partial charge in [-0.2, -0.15) is 0 Å². The molecule has 3 heteroatoms. The number of benzene rings is 1. The molecule has 0 aliphatic heterocycles. The van der Waals surface area contributed by atoms with E-state index in [1.807, 2.05) is 30.3 Å². The van der Waals surface area contributed by atoms with E-state index < -0.39 is 0 Å². The summed E-state index contributed by atoms with van der Waals surface area (Å²) in [5.74, 6) is 0. The van der Waals surface area contributed by atoms with Crippen molar-refractivity contribution in [3.05, 3.63) is 46.4 Å². The fraction of sp³-hybridized carbons (Fsp3) is 0.182. The molecular weight excluding hydrogens is 176 g/mol. The molecule has 0 radical (unpaired) electrons. The average Bonchev–Trinajstić information content (AvgIpc) is 2.18. The van der Waals surface area contributed by atoms with Crippen molar-refractivity contribution in [1.29, 1.82) is 0 Å². The third-order valence-corrected chi connectivity index (χ3v) is 2.22. The summed E-state index contributed by atoms with van der Waals surface area (Å²) >= 11 is 0. The molecule has 1 aromatic carbocycles. The minimum atomic E-state index is -0.0356. The Morgan fingerprint density at radius 2 is 2.07 bits per heavy atom. The van der Waals surface area contributed by atoms with Gasteiger partial charge in [-0.1, -0.05) is 18.2 Å². The van der Waals surface area contributed by atoms with Crippen LogP contribution < -0.4 is 11.3 Å². The number of aromatic nitrogens is 1. The number of nitrogens with one attached hydrogen (secondary N) is 1. The van der Waals surface area contributed by atoms with E-state index in [0.29, 0.717) is 13.0 Å². The van der Waals surface area contributed by atoms with Crippen LogP contribution in [0.25, 0.3) is 10.8 Å². The van der Waals surface area contributed by atoms with Crippen LogP contribution in [0.3, 0.4) is 0 Å². The third-order valence-electron chi connectivity index (χ3n) is 2.22. The molecule has 0 atom stereocenters. The molecule has 0 spiro atoms. The van der Waals surface area contributed by atoms with Gasteiger partial charge < -0.3 is 10.7 Å². The standard InChI is InChI=1S/C11H12N2O/c12-6-5-9-7-8-3-1-2-4-10(8)11(14)13-9/h1-4,7H,5-6,12H2,(H,13,14). The summed E-state index contributed by atoms with van der Waals surface area (Å²) in [5, 5.41) is 1.70. The fourth-order valence-electron chi connectivity index (χ4n) is 1.56. The number of nitrogens with two attached hydrogens (primary N) is 1. The number of pyridine rings is 1. The van der Waals surface area contributed by atoms with E-state index >= 15 is 0 Å². The predicted octanol–water partition coefficient (Wildman–Crippen LogP) is 1.03. The van der Waals surface area contributed by atoms with Crippen LogP contribution in [0, 0.1) is 0 Å². The number of aromatic amines is 1. The lowest BCUT2D eigenvalue weighted by Gasteiger charge is -2.01. The van der Waals surface area contributed by atoms with Crippen molar-refractivity contribution in [3.63, 3.8) is 0 Å². The maximum atomic E-state index is 11.6. The van der Waals surface area contributed by atoms with E-state index in [-0.39, 0.29) is 5.56 Å². The van der Waals surface area contributed by atoms with Crippen LogP contribution in [-0.4, -0.2) is 11.5 Å². The highest BCUT2D eigenvalue weighted by molar-refractivity contribution is 5.81. The van der Waals surface area contributed by atoms with Gasteiger partial charge in [0.2, 0.25) is 0 Å². The smallest absolute Gasteiger partial charge is 0.256 e. The summed E-state index contributed by atoms with van der Waals surface area (Å²) in [6.07, 6.45) is 0.708. The topological polar surface area (TPSA) is 58.9 Å². The molecular formula is C11H12N2O. The predicted molar refractivity (Wildman–Crippen MR) is 57.3 cm³/mol. The Bertz CT molecular complexity index is 502. The van der Waals surface area contributed by atoms with Gasteiger partial charge in [0.15, 0.2) is 0 Å². The Labute approximate surface area is 81.6 Å². The van der Waals surface area contributed by atoms with E-state index in [1.165, 1.54) is 0 Å². The summed E-state index contributed by atoms with van der Waals surface area (Å²) < 4.78 is 0. The zero-order valence-electron chi connectivity index (χ0n) is 7.79. The molecule has 2 aromatic rings. The van der Waals surface area contributed by atoms with Crippen LogP contribution in [0.15, 0.2) is 35.1 Å². The Hall–Kier alpha value is -1.61. The average molecular weight is 188 g/mol. The van der Waals surface area contributed by atoms with Crippen molar-refractivity contribution < 1.29 is 0 Å². The quantitative estimate of drug-likeness (QED) is 0.739. The van der Waals surface area contributed by atoms with Crippen LogP contribution in [0.1, 0.15) is 5.69 Å². The van der Waals surface area contributed by atoms with Gasteiger partial charge in [0.1, 0.15) is 0 Å². The normalized spacial score (nSPS) is 10.6. The van der Waals surface area contributed by atoms with Crippen molar-refractivity contribution in [2.75, 3.05) is 6.54 Å². The van der Waals surface area contributed by atoms with Crippen molar-refractivity contribution >= 4 is 10.8 Å². The second kappa shape index (κ2) is 3.64. The molecule has 2 rings (SSSR count). The molecule has 0 aliphatic carbocycles. The van der Waals surface area contributed by atoms with E-state index in [9.17, 15) is 4.79 Å². The van der Waals surface area contributed by atoms with Crippen LogP contribution >= 0.6 is 0 Å². The molecule has 0 amide bonds. The lowest BCUT2D eigenvalue weighted by Crippen LogP contribution is -2.12. The highest BCUT2D eigenvalue weighted by Crippen LogP contribution is 2.09. The minimum Gasteiger partial charge on any atom is -0.330 e. The number of hydrogen-bond acceptors (Lipinski definition) is 2. The summed E-state index contributed by atoms with van der Waals surface area (Å²) in [7, 11) is 0. The summed E-state index contributed by atoms with van der Waals surface area (Å²) in [6.45, 7) is 0.550. The van der Waals surface area contributed by atoms with Gasteiger partial charge in [-0.25, -0.2) is 0 Å². The van der Waals surface area contributed by atoms with Crippen molar-refractivity contribution in [3.8, 4) is 0 Å². The second-order valence-electron chi connectivity index (χ2n) is 3.25. The third kappa shape index (κ3) is 1.54. The monoisotopic (exact) mass is 188 g/mol. The Kier molecular flexibility index (Phi) is 2.33. The first-order valence-corrected chi connectivity index (χ1v) is 4.62. The SMILES string of the molecule is NCCc1cc2ccccc2c(=O)[nH]1. The van der Waals surface area contributed by atoms with Gasteiger partial charge in [0.05, 0.1) is 0 Å². The maximum Gasteiger partial charge on any atom is 0.256 e. The Balaban J connectivity index is 2.66. The second-order valence-corrected chi connectivity index (χ2v) is 3.25. The zero-order chi connectivity index (χ0) is 9.97. The van der Waals surface area contributed by atoms with Crippen molar-refractivity contribution in [2.45, 2.75) is 6.42 Å². The number of H-pyrrole nitrogens is 1. The molecule has 1 heterocycles. The maximum absolute atomic E-state index is 11.6. The van der Waals surface area contributed by atoms with Gasteiger partial charge in [-0.15, -0.1) is 0 Å². The molecule has 3 N–H and O–H groups in total. The first-order valence-electron chi connectivity index (χ1n) is 4.62.